The molecule has 168 valence electrons. The highest BCUT2D eigenvalue weighted by Gasteiger charge is 2.53. The van der Waals surface area contributed by atoms with Crippen LogP contribution in [0.15, 0.2) is 0 Å². The molecule has 5 N–H and O–H groups in total. The van der Waals surface area contributed by atoms with E-state index in [-0.39, 0.29) is 12.6 Å². The highest BCUT2D eigenvalue weighted by Crippen LogP contribution is 2.62. The minimum Gasteiger partial charge on any atom is -0.390 e. The molecule has 0 aliphatic heterocycles. The summed E-state index contributed by atoms with van der Waals surface area (Å²) >= 11 is 0. The molecule has 0 saturated heterocycles. The van der Waals surface area contributed by atoms with E-state index in [1.165, 1.54) is 64.2 Å². The Morgan fingerprint density at radius 3 is 1.62 bits per heavy atom. The van der Waals surface area contributed by atoms with Gasteiger partial charge >= 0.3 is 0 Å². The molecule has 29 heavy (non-hydrogen) atoms. The van der Waals surface area contributed by atoms with Crippen LogP contribution in [-0.2, 0) is 0 Å². The predicted molar refractivity (Wildman–Crippen MR) is 121 cm³/mol. The summed E-state index contributed by atoms with van der Waals surface area (Å²) in [5, 5.41) is 10.4. The summed E-state index contributed by atoms with van der Waals surface area (Å²) in [6.07, 6.45) is 13.1. The first kappa shape index (κ1) is 22.1. The lowest BCUT2D eigenvalue weighted by Gasteiger charge is -2.41. The monoisotopic (exact) mass is 404 g/mol. The van der Waals surface area contributed by atoms with Crippen LogP contribution in [0, 0.1) is 52.3 Å². The lowest BCUT2D eigenvalue weighted by Crippen LogP contribution is -2.46. The summed E-state index contributed by atoms with van der Waals surface area (Å²) in [7, 11) is 0. The fourth-order valence-corrected chi connectivity index (χ4v) is 8.94. The van der Waals surface area contributed by atoms with E-state index in [9.17, 15) is 5.11 Å². The zero-order valence-electron chi connectivity index (χ0n) is 19.6. The molecule has 4 saturated carbocycles. The molecular formula is C26H48N2O. The summed E-state index contributed by atoms with van der Waals surface area (Å²) in [6.45, 7) is 10.4. The third-order valence-corrected chi connectivity index (χ3v) is 11.0. The standard InChI is InChI=1S/C26H48N2O/c1-25(2)19-9-5-17(13-19)21(25)11-7-16(24(28)23(29)15-27)8-12-22-18-6-10-20(14-18)26(22,3)4/h16-24,29H,5-15,27-28H2,1-4H3. The van der Waals surface area contributed by atoms with Crippen LogP contribution in [0.5, 0.6) is 0 Å². The molecule has 0 aromatic carbocycles. The van der Waals surface area contributed by atoms with E-state index >= 15 is 0 Å². The van der Waals surface area contributed by atoms with Crippen molar-refractivity contribution in [1.82, 2.24) is 0 Å². The van der Waals surface area contributed by atoms with E-state index in [0.717, 1.165) is 35.5 Å². The molecule has 3 nitrogen and oxygen atoms in total. The van der Waals surface area contributed by atoms with E-state index in [4.69, 9.17) is 11.5 Å². The molecule has 0 radical (unpaired) electrons. The van der Waals surface area contributed by atoms with E-state index in [2.05, 4.69) is 27.7 Å². The van der Waals surface area contributed by atoms with Crippen LogP contribution in [0.25, 0.3) is 0 Å². The molecule has 0 aromatic heterocycles. The second-order valence-corrected chi connectivity index (χ2v) is 12.7. The quantitative estimate of drug-likeness (QED) is 0.509. The smallest absolute Gasteiger partial charge is 0.0815 e. The van der Waals surface area contributed by atoms with Gasteiger partial charge in [0.2, 0.25) is 0 Å². The molecule has 4 fully saturated rings. The van der Waals surface area contributed by atoms with Crippen molar-refractivity contribution in [1.29, 1.82) is 0 Å². The number of nitrogens with two attached hydrogens (primary N) is 2. The predicted octanol–water partition coefficient (Wildman–Crippen LogP) is 4.95. The van der Waals surface area contributed by atoms with Crippen molar-refractivity contribution < 1.29 is 5.11 Å². The summed E-state index contributed by atoms with van der Waals surface area (Å²) in [4.78, 5) is 0. The Morgan fingerprint density at radius 2 is 1.28 bits per heavy atom. The van der Waals surface area contributed by atoms with Crippen molar-refractivity contribution in [2.24, 2.45) is 63.7 Å². The van der Waals surface area contributed by atoms with Crippen LogP contribution in [0.4, 0.5) is 0 Å². The van der Waals surface area contributed by atoms with Crippen molar-refractivity contribution in [3.8, 4) is 0 Å². The molecule has 4 rings (SSSR count). The van der Waals surface area contributed by atoms with Crippen LogP contribution in [0.1, 0.15) is 91.9 Å². The average molecular weight is 405 g/mol. The molecular weight excluding hydrogens is 356 g/mol. The van der Waals surface area contributed by atoms with Gasteiger partial charge in [-0.25, -0.2) is 0 Å². The fourth-order valence-electron chi connectivity index (χ4n) is 8.94. The van der Waals surface area contributed by atoms with Gasteiger partial charge in [0.05, 0.1) is 6.10 Å². The van der Waals surface area contributed by atoms with Gasteiger partial charge in [0.15, 0.2) is 0 Å². The van der Waals surface area contributed by atoms with Gasteiger partial charge in [-0.3, -0.25) is 0 Å². The Kier molecular flexibility index (Phi) is 6.17. The second kappa shape index (κ2) is 8.10. The highest BCUT2D eigenvalue weighted by molar-refractivity contribution is 5.03. The van der Waals surface area contributed by atoms with E-state index < -0.39 is 6.10 Å². The number of rotatable bonds is 9. The number of fused-ring (bicyclic) bond motifs is 4. The third kappa shape index (κ3) is 3.82. The van der Waals surface area contributed by atoms with Crippen molar-refractivity contribution in [2.45, 2.75) is 104 Å². The molecule has 4 aliphatic rings. The third-order valence-electron chi connectivity index (χ3n) is 11.0. The molecule has 0 aromatic rings. The van der Waals surface area contributed by atoms with Crippen LogP contribution >= 0.6 is 0 Å². The maximum atomic E-state index is 10.4. The van der Waals surface area contributed by atoms with Gasteiger partial charge in [0.25, 0.3) is 0 Å². The maximum absolute atomic E-state index is 10.4. The van der Waals surface area contributed by atoms with Crippen molar-refractivity contribution >= 4 is 0 Å². The van der Waals surface area contributed by atoms with Crippen molar-refractivity contribution in [3.05, 3.63) is 0 Å². The van der Waals surface area contributed by atoms with Gasteiger partial charge in [-0.05, 0) is 116 Å². The summed E-state index contributed by atoms with van der Waals surface area (Å²) in [6, 6.07) is -0.164. The fraction of sp³-hybridized carbons (Fsp3) is 1.00. The summed E-state index contributed by atoms with van der Waals surface area (Å²) in [5.41, 5.74) is 13.4. The average Bonchev–Trinajstić information content (AvgIpc) is 3.42. The van der Waals surface area contributed by atoms with Crippen LogP contribution in [0.3, 0.4) is 0 Å². The van der Waals surface area contributed by atoms with Crippen molar-refractivity contribution in [2.75, 3.05) is 6.54 Å². The molecule has 8 atom stereocenters. The van der Waals surface area contributed by atoms with Crippen molar-refractivity contribution in [3.63, 3.8) is 0 Å². The first-order valence-electron chi connectivity index (χ1n) is 12.8. The SMILES string of the molecule is CC1(C)C2CCC(C2)C1CCC(CCC1C2CCC(C2)C1(C)C)C(N)C(O)CN. The molecule has 4 aliphatic carbocycles. The number of hydrogen-bond donors (Lipinski definition) is 3. The highest BCUT2D eigenvalue weighted by atomic mass is 16.3. The van der Waals surface area contributed by atoms with E-state index in [1.807, 2.05) is 0 Å². The number of hydrogen-bond acceptors (Lipinski definition) is 3. The molecule has 8 unspecified atom stereocenters. The molecule has 3 heteroatoms. The van der Waals surface area contributed by atoms with Gasteiger partial charge in [0, 0.05) is 12.6 Å². The van der Waals surface area contributed by atoms with Gasteiger partial charge in [-0.1, -0.05) is 27.7 Å². The summed E-state index contributed by atoms with van der Waals surface area (Å²) in [5.74, 6) is 5.88. The number of aliphatic hydroxyl groups is 1. The first-order valence-corrected chi connectivity index (χ1v) is 12.8. The summed E-state index contributed by atoms with van der Waals surface area (Å²) < 4.78 is 0. The Hall–Kier alpha value is -0.120. The Morgan fingerprint density at radius 1 is 0.828 bits per heavy atom. The zero-order chi connectivity index (χ0) is 21.0. The van der Waals surface area contributed by atoms with E-state index in [0.29, 0.717) is 16.7 Å². The van der Waals surface area contributed by atoms with Crippen LogP contribution in [0.2, 0.25) is 0 Å². The van der Waals surface area contributed by atoms with Gasteiger partial charge in [0.1, 0.15) is 0 Å². The largest absolute Gasteiger partial charge is 0.390 e. The molecule has 0 amide bonds. The Bertz CT molecular complexity index is 531. The number of aliphatic hydroxyl groups excluding tert-OH is 1. The van der Waals surface area contributed by atoms with E-state index in [1.54, 1.807) is 0 Å². The Labute approximate surface area is 179 Å². The topological polar surface area (TPSA) is 72.3 Å². The van der Waals surface area contributed by atoms with Gasteiger partial charge < -0.3 is 16.6 Å². The minimum atomic E-state index is -0.555. The molecule has 0 heterocycles. The second-order valence-electron chi connectivity index (χ2n) is 12.7. The first-order chi connectivity index (χ1) is 13.7. The normalized spacial score (nSPS) is 42.3. The minimum absolute atomic E-state index is 0.164. The zero-order valence-corrected chi connectivity index (χ0v) is 19.6. The molecule has 4 bridgehead atoms. The van der Waals surface area contributed by atoms with Crippen LogP contribution in [-0.4, -0.2) is 23.8 Å². The molecule has 0 spiro atoms. The lowest BCUT2D eigenvalue weighted by molar-refractivity contribution is 0.0740. The van der Waals surface area contributed by atoms with Gasteiger partial charge in [-0.2, -0.15) is 0 Å². The van der Waals surface area contributed by atoms with Crippen LogP contribution < -0.4 is 11.5 Å². The maximum Gasteiger partial charge on any atom is 0.0815 e. The lowest BCUT2D eigenvalue weighted by atomic mass is 9.65. The Balaban J connectivity index is 1.39. The van der Waals surface area contributed by atoms with Gasteiger partial charge in [-0.15, -0.1) is 0 Å².